The Bertz CT molecular complexity index is 292. The fourth-order valence-corrected chi connectivity index (χ4v) is 2.17. The van der Waals surface area contributed by atoms with Crippen LogP contribution in [0.2, 0.25) is 0 Å². The second-order valence-electron chi connectivity index (χ2n) is 4.33. The summed E-state index contributed by atoms with van der Waals surface area (Å²) in [7, 11) is 0. The van der Waals surface area contributed by atoms with E-state index in [-0.39, 0.29) is 12.1 Å². The Morgan fingerprint density at radius 1 is 1.27 bits per heavy atom. The van der Waals surface area contributed by atoms with Gasteiger partial charge in [0.2, 0.25) is 0 Å². The normalized spacial score (nSPS) is 27.9. The SMILES string of the molecule is N[C@@H]1C[C@@H](O)CN(Cc2ccccc2)C1. The summed E-state index contributed by atoms with van der Waals surface area (Å²) in [5.74, 6) is 0. The summed E-state index contributed by atoms with van der Waals surface area (Å²) >= 11 is 0. The van der Waals surface area contributed by atoms with Crippen LogP contribution in [-0.4, -0.2) is 35.2 Å². The third-order valence-electron chi connectivity index (χ3n) is 2.79. The van der Waals surface area contributed by atoms with Gasteiger partial charge in [0, 0.05) is 25.7 Å². The molecule has 1 aliphatic heterocycles. The highest BCUT2D eigenvalue weighted by Crippen LogP contribution is 2.12. The van der Waals surface area contributed by atoms with Crippen molar-refractivity contribution in [2.75, 3.05) is 13.1 Å². The molecule has 0 spiro atoms. The number of hydrogen-bond donors (Lipinski definition) is 2. The lowest BCUT2D eigenvalue weighted by Crippen LogP contribution is -2.48. The van der Waals surface area contributed by atoms with Gasteiger partial charge in [-0.3, -0.25) is 4.90 Å². The minimum absolute atomic E-state index is 0.109. The molecule has 0 amide bonds. The Labute approximate surface area is 90.5 Å². The number of aliphatic hydroxyl groups excluding tert-OH is 1. The summed E-state index contributed by atoms with van der Waals surface area (Å²) < 4.78 is 0. The average molecular weight is 206 g/mol. The number of nitrogens with two attached hydrogens (primary N) is 1. The highest BCUT2D eigenvalue weighted by atomic mass is 16.3. The van der Waals surface area contributed by atoms with Crippen molar-refractivity contribution in [1.82, 2.24) is 4.90 Å². The van der Waals surface area contributed by atoms with Crippen molar-refractivity contribution >= 4 is 0 Å². The lowest BCUT2D eigenvalue weighted by atomic mass is 10.0. The molecule has 2 rings (SSSR count). The molecule has 15 heavy (non-hydrogen) atoms. The summed E-state index contributed by atoms with van der Waals surface area (Å²) in [5, 5.41) is 9.61. The van der Waals surface area contributed by atoms with Crippen LogP contribution in [-0.2, 0) is 6.54 Å². The first-order valence-corrected chi connectivity index (χ1v) is 5.44. The molecule has 0 unspecified atom stereocenters. The highest BCUT2D eigenvalue weighted by Gasteiger charge is 2.22. The summed E-state index contributed by atoms with van der Waals surface area (Å²) in [6, 6.07) is 10.4. The lowest BCUT2D eigenvalue weighted by molar-refractivity contribution is 0.0565. The van der Waals surface area contributed by atoms with Gasteiger partial charge in [0.15, 0.2) is 0 Å². The summed E-state index contributed by atoms with van der Waals surface area (Å²) in [6.07, 6.45) is 0.461. The number of hydrogen-bond acceptors (Lipinski definition) is 3. The van der Waals surface area contributed by atoms with E-state index >= 15 is 0 Å². The van der Waals surface area contributed by atoms with Crippen molar-refractivity contribution in [3.8, 4) is 0 Å². The van der Waals surface area contributed by atoms with Crippen LogP contribution < -0.4 is 5.73 Å². The predicted octanol–water partition coefficient (Wildman–Crippen LogP) is 0.580. The molecule has 3 nitrogen and oxygen atoms in total. The van der Waals surface area contributed by atoms with Crippen LogP contribution >= 0.6 is 0 Å². The van der Waals surface area contributed by atoms with Gasteiger partial charge in [-0.05, 0) is 12.0 Å². The molecule has 0 radical (unpaired) electrons. The van der Waals surface area contributed by atoms with Gasteiger partial charge in [-0.15, -0.1) is 0 Å². The lowest BCUT2D eigenvalue weighted by Gasteiger charge is -2.33. The molecule has 2 atom stereocenters. The van der Waals surface area contributed by atoms with E-state index in [1.54, 1.807) is 0 Å². The smallest absolute Gasteiger partial charge is 0.0682 e. The maximum atomic E-state index is 9.61. The van der Waals surface area contributed by atoms with E-state index in [9.17, 15) is 5.11 Å². The van der Waals surface area contributed by atoms with E-state index in [0.717, 1.165) is 26.1 Å². The topological polar surface area (TPSA) is 49.5 Å². The third kappa shape index (κ3) is 3.02. The number of benzene rings is 1. The fourth-order valence-electron chi connectivity index (χ4n) is 2.17. The molecule has 1 saturated heterocycles. The number of likely N-dealkylation sites (tertiary alicyclic amines) is 1. The van der Waals surface area contributed by atoms with E-state index in [1.807, 2.05) is 18.2 Å². The quantitative estimate of drug-likeness (QED) is 0.744. The molecule has 82 valence electrons. The van der Waals surface area contributed by atoms with Crippen LogP contribution in [0.4, 0.5) is 0 Å². The molecular formula is C12H18N2O. The zero-order valence-electron chi connectivity index (χ0n) is 8.84. The van der Waals surface area contributed by atoms with Crippen molar-refractivity contribution in [3.63, 3.8) is 0 Å². The average Bonchev–Trinajstić information content (AvgIpc) is 2.17. The first-order valence-electron chi connectivity index (χ1n) is 5.44. The first-order chi connectivity index (χ1) is 7.24. The van der Waals surface area contributed by atoms with E-state index in [0.29, 0.717) is 0 Å². The van der Waals surface area contributed by atoms with E-state index in [2.05, 4.69) is 17.0 Å². The Morgan fingerprint density at radius 3 is 2.67 bits per heavy atom. The van der Waals surface area contributed by atoms with E-state index in [4.69, 9.17) is 5.73 Å². The predicted molar refractivity (Wildman–Crippen MR) is 60.3 cm³/mol. The summed E-state index contributed by atoms with van der Waals surface area (Å²) in [6.45, 7) is 2.50. The fraction of sp³-hybridized carbons (Fsp3) is 0.500. The molecule has 1 heterocycles. The highest BCUT2D eigenvalue weighted by molar-refractivity contribution is 5.14. The van der Waals surface area contributed by atoms with Crippen molar-refractivity contribution in [3.05, 3.63) is 35.9 Å². The maximum Gasteiger partial charge on any atom is 0.0682 e. The van der Waals surface area contributed by atoms with Gasteiger partial charge in [0.05, 0.1) is 6.10 Å². The van der Waals surface area contributed by atoms with Crippen LogP contribution in [0, 0.1) is 0 Å². The number of rotatable bonds is 2. The van der Waals surface area contributed by atoms with E-state index < -0.39 is 0 Å². The first kappa shape index (κ1) is 10.6. The molecule has 1 aromatic rings. The Balaban J connectivity index is 1.94. The zero-order valence-corrected chi connectivity index (χ0v) is 8.84. The second kappa shape index (κ2) is 4.75. The van der Waals surface area contributed by atoms with Gasteiger partial charge in [0.1, 0.15) is 0 Å². The van der Waals surface area contributed by atoms with Crippen molar-refractivity contribution in [1.29, 1.82) is 0 Å². The van der Waals surface area contributed by atoms with E-state index in [1.165, 1.54) is 5.56 Å². The molecule has 0 aliphatic carbocycles. The number of nitrogens with zero attached hydrogens (tertiary/aromatic N) is 1. The van der Waals surface area contributed by atoms with Crippen LogP contribution in [0.15, 0.2) is 30.3 Å². The second-order valence-corrected chi connectivity index (χ2v) is 4.33. The molecular weight excluding hydrogens is 188 g/mol. The Morgan fingerprint density at radius 2 is 2.00 bits per heavy atom. The van der Waals surface area contributed by atoms with Gasteiger partial charge in [-0.2, -0.15) is 0 Å². The van der Waals surface area contributed by atoms with Gasteiger partial charge in [-0.25, -0.2) is 0 Å². The van der Waals surface area contributed by atoms with Gasteiger partial charge in [-0.1, -0.05) is 30.3 Å². The van der Waals surface area contributed by atoms with Crippen LogP contribution in [0.3, 0.4) is 0 Å². The molecule has 3 N–H and O–H groups in total. The molecule has 0 saturated carbocycles. The van der Waals surface area contributed by atoms with Crippen LogP contribution in [0.5, 0.6) is 0 Å². The number of aliphatic hydroxyl groups is 1. The maximum absolute atomic E-state index is 9.61. The monoisotopic (exact) mass is 206 g/mol. The summed E-state index contributed by atoms with van der Waals surface area (Å²) in [5.41, 5.74) is 7.14. The molecule has 0 aromatic heterocycles. The van der Waals surface area contributed by atoms with Gasteiger partial charge in [0.25, 0.3) is 0 Å². The Kier molecular flexibility index (Phi) is 3.36. The van der Waals surface area contributed by atoms with Gasteiger partial charge < -0.3 is 10.8 Å². The number of β-amino-alcohol motifs (C(OH)–C–C–N with tert-alkyl or cyclic N) is 1. The van der Waals surface area contributed by atoms with Crippen molar-refractivity contribution in [2.24, 2.45) is 5.73 Å². The van der Waals surface area contributed by atoms with Crippen molar-refractivity contribution in [2.45, 2.75) is 25.1 Å². The Hall–Kier alpha value is -0.900. The zero-order chi connectivity index (χ0) is 10.7. The minimum Gasteiger partial charge on any atom is -0.392 e. The molecule has 3 heteroatoms. The molecule has 1 aromatic carbocycles. The molecule has 1 aliphatic rings. The van der Waals surface area contributed by atoms with Crippen LogP contribution in [0.1, 0.15) is 12.0 Å². The van der Waals surface area contributed by atoms with Crippen LogP contribution in [0.25, 0.3) is 0 Å². The summed E-state index contributed by atoms with van der Waals surface area (Å²) in [4.78, 5) is 2.22. The van der Waals surface area contributed by atoms with Crippen molar-refractivity contribution < 1.29 is 5.11 Å². The standard InChI is InChI=1S/C12H18N2O/c13-11-6-12(15)9-14(8-11)7-10-4-2-1-3-5-10/h1-5,11-12,15H,6-9,13H2/t11-,12-/m1/s1. The third-order valence-corrected chi connectivity index (χ3v) is 2.79. The number of piperidine rings is 1. The largest absolute Gasteiger partial charge is 0.392 e. The molecule has 0 bridgehead atoms. The molecule has 1 fully saturated rings. The minimum atomic E-state index is -0.266. The van der Waals surface area contributed by atoms with Gasteiger partial charge >= 0.3 is 0 Å².